The van der Waals surface area contributed by atoms with Crippen LogP contribution in [-0.2, 0) is 0 Å². The lowest BCUT2D eigenvalue weighted by Crippen LogP contribution is -2.33. The van der Waals surface area contributed by atoms with Crippen molar-refractivity contribution in [3.05, 3.63) is 0 Å². The van der Waals surface area contributed by atoms with Gasteiger partial charge in [0, 0.05) is 6.04 Å². The van der Waals surface area contributed by atoms with E-state index in [0.717, 1.165) is 17.9 Å². The maximum atomic E-state index is 3.65. The topological polar surface area (TPSA) is 12.0 Å². The molecule has 1 N–H and O–H groups in total. The molecule has 0 aromatic carbocycles. The molecule has 0 heterocycles. The second kappa shape index (κ2) is 5.64. The van der Waals surface area contributed by atoms with Crippen LogP contribution in [0.3, 0.4) is 0 Å². The van der Waals surface area contributed by atoms with Crippen molar-refractivity contribution in [2.75, 3.05) is 6.54 Å². The van der Waals surface area contributed by atoms with Crippen molar-refractivity contribution < 1.29 is 0 Å². The molecule has 0 bridgehead atoms. The molecule has 1 nitrogen and oxygen atoms in total. The first-order valence-electron chi connectivity index (χ1n) is 5.97. The van der Waals surface area contributed by atoms with E-state index < -0.39 is 0 Å². The largest absolute Gasteiger partial charge is 0.314 e. The van der Waals surface area contributed by atoms with Gasteiger partial charge in [-0.1, -0.05) is 33.6 Å². The summed E-state index contributed by atoms with van der Waals surface area (Å²) in [5, 5.41) is 3.65. The molecule has 0 saturated heterocycles. The molecule has 1 atom stereocenters. The minimum Gasteiger partial charge on any atom is -0.314 e. The van der Waals surface area contributed by atoms with E-state index in [1.165, 1.54) is 38.6 Å². The number of nitrogens with one attached hydrogen (secondary N) is 1. The molecule has 13 heavy (non-hydrogen) atoms. The van der Waals surface area contributed by atoms with Crippen LogP contribution in [0.1, 0.15) is 52.9 Å². The summed E-state index contributed by atoms with van der Waals surface area (Å²) in [5.41, 5.74) is 0. The molecule has 0 spiro atoms. The smallest absolute Gasteiger partial charge is 0.00874 e. The highest BCUT2D eigenvalue weighted by Gasteiger charge is 2.20. The first kappa shape index (κ1) is 11.0. The fourth-order valence-corrected chi connectivity index (χ4v) is 1.94. The molecule has 0 aliphatic heterocycles. The van der Waals surface area contributed by atoms with Crippen molar-refractivity contribution in [3.8, 4) is 0 Å². The quantitative estimate of drug-likeness (QED) is 0.598. The predicted molar refractivity (Wildman–Crippen MR) is 58.9 cm³/mol. The first-order chi connectivity index (χ1) is 6.24. The molecule has 0 aromatic rings. The summed E-state index contributed by atoms with van der Waals surface area (Å²) < 4.78 is 0. The van der Waals surface area contributed by atoms with E-state index in [0.29, 0.717) is 0 Å². The molecule has 1 aliphatic rings. The van der Waals surface area contributed by atoms with E-state index >= 15 is 0 Å². The van der Waals surface area contributed by atoms with Gasteiger partial charge in [0.25, 0.3) is 0 Å². The third-order valence-corrected chi connectivity index (χ3v) is 3.14. The number of hydrogen-bond donors (Lipinski definition) is 1. The maximum absolute atomic E-state index is 3.65. The van der Waals surface area contributed by atoms with Crippen molar-refractivity contribution in [1.82, 2.24) is 5.32 Å². The molecule has 0 aromatic heterocycles. The van der Waals surface area contributed by atoms with Gasteiger partial charge in [-0.05, 0) is 37.6 Å². The van der Waals surface area contributed by atoms with Crippen molar-refractivity contribution >= 4 is 0 Å². The molecule has 0 amide bonds. The monoisotopic (exact) mass is 183 g/mol. The maximum Gasteiger partial charge on any atom is 0.00874 e. The Bertz CT molecular complexity index is 127. The molecule has 1 heteroatoms. The first-order valence-corrected chi connectivity index (χ1v) is 5.97. The van der Waals surface area contributed by atoms with Gasteiger partial charge in [0.1, 0.15) is 0 Å². The van der Waals surface area contributed by atoms with Gasteiger partial charge in [0.15, 0.2) is 0 Å². The summed E-state index contributed by atoms with van der Waals surface area (Å²) in [6.07, 6.45) is 7.11. The van der Waals surface area contributed by atoms with E-state index in [9.17, 15) is 0 Å². The fourth-order valence-electron chi connectivity index (χ4n) is 1.94. The Balaban J connectivity index is 1.94. The Labute approximate surface area is 83.3 Å². The van der Waals surface area contributed by atoms with E-state index in [4.69, 9.17) is 0 Å². The molecule has 78 valence electrons. The van der Waals surface area contributed by atoms with Crippen LogP contribution >= 0.6 is 0 Å². The van der Waals surface area contributed by atoms with Crippen LogP contribution in [0, 0.1) is 11.8 Å². The fraction of sp³-hybridized carbons (Fsp3) is 1.00. The average molecular weight is 183 g/mol. The zero-order valence-electron chi connectivity index (χ0n) is 9.47. The minimum absolute atomic E-state index is 0.735. The predicted octanol–water partition coefficient (Wildman–Crippen LogP) is 3.20. The second-order valence-corrected chi connectivity index (χ2v) is 4.80. The number of hydrogen-bond acceptors (Lipinski definition) is 1. The molecule has 1 saturated carbocycles. The van der Waals surface area contributed by atoms with Crippen molar-refractivity contribution in [1.29, 1.82) is 0 Å². The Hall–Kier alpha value is -0.0400. The van der Waals surface area contributed by atoms with Crippen LogP contribution in [-0.4, -0.2) is 12.6 Å². The second-order valence-electron chi connectivity index (χ2n) is 4.80. The van der Waals surface area contributed by atoms with Gasteiger partial charge in [-0.3, -0.25) is 0 Å². The summed E-state index contributed by atoms with van der Waals surface area (Å²) >= 11 is 0. The van der Waals surface area contributed by atoms with Crippen LogP contribution in [0.5, 0.6) is 0 Å². The van der Waals surface area contributed by atoms with Gasteiger partial charge in [-0.15, -0.1) is 0 Å². The van der Waals surface area contributed by atoms with Gasteiger partial charge in [0.05, 0.1) is 0 Å². The molecular weight excluding hydrogens is 158 g/mol. The van der Waals surface area contributed by atoms with E-state index in [1.54, 1.807) is 0 Å². The van der Waals surface area contributed by atoms with Gasteiger partial charge >= 0.3 is 0 Å². The van der Waals surface area contributed by atoms with Crippen molar-refractivity contribution in [2.24, 2.45) is 11.8 Å². The third kappa shape index (κ3) is 4.66. The third-order valence-electron chi connectivity index (χ3n) is 3.14. The zero-order valence-corrected chi connectivity index (χ0v) is 9.47. The lowest BCUT2D eigenvalue weighted by atomic mass is 10.0. The standard InChI is InChI=1S/C12H25N/c1-4-12(10(2)3)13-9-5-6-11-7-8-11/h10-13H,4-9H2,1-3H3. The normalized spacial score (nSPS) is 19.4. The number of rotatable bonds is 7. The lowest BCUT2D eigenvalue weighted by molar-refractivity contribution is 0.383. The molecule has 1 rings (SSSR count). The summed E-state index contributed by atoms with van der Waals surface area (Å²) in [7, 11) is 0. The minimum atomic E-state index is 0.735. The zero-order chi connectivity index (χ0) is 9.68. The van der Waals surface area contributed by atoms with Gasteiger partial charge in [-0.2, -0.15) is 0 Å². The van der Waals surface area contributed by atoms with Gasteiger partial charge in [-0.25, -0.2) is 0 Å². The molecule has 1 aliphatic carbocycles. The summed E-state index contributed by atoms with van der Waals surface area (Å²) in [6.45, 7) is 8.12. The SMILES string of the molecule is CCC(NCCCC1CC1)C(C)C. The Morgan fingerprint density at radius 2 is 2.00 bits per heavy atom. The van der Waals surface area contributed by atoms with Gasteiger partial charge < -0.3 is 5.32 Å². The van der Waals surface area contributed by atoms with E-state index in [-0.39, 0.29) is 0 Å². The summed E-state index contributed by atoms with van der Waals surface area (Å²) in [4.78, 5) is 0. The Morgan fingerprint density at radius 3 is 2.46 bits per heavy atom. The van der Waals surface area contributed by atoms with Crippen LogP contribution in [0.15, 0.2) is 0 Å². The van der Waals surface area contributed by atoms with Crippen LogP contribution < -0.4 is 5.32 Å². The molecule has 0 radical (unpaired) electrons. The van der Waals surface area contributed by atoms with E-state index in [2.05, 4.69) is 26.1 Å². The van der Waals surface area contributed by atoms with E-state index in [1.807, 2.05) is 0 Å². The van der Waals surface area contributed by atoms with Crippen LogP contribution in [0.4, 0.5) is 0 Å². The lowest BCUT2D eigenvalue weighted by Gasteiger charge is -2.20. The van der Waals surface area contributed by atoms with Crippen LogP contribution in [0.2, 0.25) is 0 Å². The van der Waals surface area contributed by atoms with Crippen molar-refractivity contribution in [3.63, 3.8) is 0 Å². The summed E-state index contributed by atoms with van der Waals surface area (Å²) in [5.74, 6) is 1.88. The highest BCUT2D eigenvalue weighted by Crippen LogP contribution is 2.33. The molecule has 1 unspecified atom stereocenters. The van der Waals surface area contributed by atoms with Crippen LogP contribution in [0.25, 0.3) is 0 Å². The summed E-state index contributed by atoms with van der Waals surface area (Å²) in [6, 6.07) is 0.735. The Morgan fingerprint density at radius 1 is 1.31 bits per heavy atom. The molecular formula is C12H25N. The Kier molecular flexibility index (Phi) is 4.79. The van der Waals surface area contributed by atoms with Gasteiger partial charge in [0.2, 0.25) is 0 Å². The molecule has 1 fully saturated rings. The highest BCUT2D eigenvalue weighted by molar-refractivity contribution is 4.74. The average Bonchev–Trinajstić information content (AvgIpc) is 2.87. The van der Waals surface area contributed by atoms with Crippen molar-refractivity contribution in [2.45, 2.75) is 58.9 Å². The highest BCUT2D eigenvalue weighted by atomic mass is 14.9.